The molecule has 1 aliphatic rings. The van der Waals surface area contributed by atoms with E-state index in [0.717, 1.165) is 43.6 Å². The summed E-state index contributed by atoms with van der Waals surface area (Å²) in [5.74, 6) is -1.03. The number of nitrogens with zero attached hydrogens (tertiary/aromatic N) is 3. The van der Waals surface area contributed by atoms with E-state index in [-0.39, 0.29) is 30.7 Å². The van der Waals surface area contributed by atoms with E-state index in [4.69, 9.17) is 28.1 Å². The van der Waals surface area contributed by atoms with Gasteiger partial charge in [-0.05, 0) is 103 Å². The first-order valence-corrected chi connectivity index (χ1v) is 19.8. The molecule has 55 heavy (non-hydrogen) atoms. The maximum absolute atomic E-state index is 14.6. The minimum absolute atomic E-state index is 0.115. The number of unbranched alkanes of at least 4 members (excludes halogenated alkanes) is 1. The molecule has 3 amide bonds. The number of carbonyl (C=O) groups excluding carboxylic acids is 3. The molecular formula is C41H48ClN9O3S. The molecule has 2 aromatic carbocycles. The maximum Gasteiger partial charge on any atom is 0.245 e. The molecule has 0 fully saturated rings. The van der Waals surface area contributed by atoms with Crippen molar-refractivity contribution in [1.82, 2.24) is 35.8 Å². The molecule has 0 radical (unpaired) electrons. The van der Waals surface area contributed by atoms with Crippen LogP contribution in [0.2, 0.25) is 5.02 Å². The van der Waals surface area contributed by atoms with Crippen LogP contribution >= 0.6 is 23.4 Å². The third kappa shape index (κ3) is 9.72. The van der Waals surface area contributed by atoms with Crippen molar-refractivity contribution in [2.45, 2.75) is 79.7 Å². The molecule has 0 saturated carbocycles. The minimum atomic E-state index is -0.926. The molecule has 288 valence electrons. The van der Waals surface area contributed by atoms with Crippen LogP contribution in [-0.4, -0.2) is 75.8 Å². The summed E-state index contributed by atoms with van der Waals surface area (Å²) >= 11 is 8.40. The molecule has 0 saturated heterocycles. The van der Waals surface area contributed by atoms with Gasteiger partial charge in [-0.1, -0.05) is 53.7 Å². The molecule has 4 heterocycles. The minimum Gasteiger partial charge on any atom is -0.361 e. The Morgan fingerprint density at radius 3 is 2.45 bits per heavy atom. The summed E-state index contributed by atoms with van der Waals surface area (Å²) in [6.45, 7) is 1.30. The van der Waals surface area contributed by atoms with Gasteiger partial charge < -0.3 is 37.3 Å². The number of para-hydroxylation sites is 1. The van der Waals surface area contributed by atoms with Crippen LogP contribution in [0.3, 0.4) is 0 Å². The molecule has 0 bridgehead atoms. The van der Waals surface area contributed by atoms with E-state index >= 15 is 0 Å². The fourth-order valence-electron chi connectivity index (χ4n) is 6.94. The number of likely N-dealkylation sites (N-methyl/N-ethyl adjacent to an activating group) is 1. The van der Waals surface area contributed by atoms with E-state index in [1.54, 1.807) is 25.6 Å². The van der Waals surface area contributed by atoms with Gasteiger partial charge in [0.15, 0.2) is 0 Å². The number of aromatic nitrogens is 3. The van der Waals surface area contributed by atoms with Crippen LogP contribution in [0.5, 0.6) is 0 Å². The van der Waals surface area contributed by atoms with Crippen molar-refractivity contribution in [3.63, 3.8) is 0 Å². The second-order valence-corrected chi connectivity index (χ2v) is 15.1. The van der Waals surface area contributed by atoms with E-state index in [9.17, 15) is 14.4 Å². The predicted molar refractivity (Wildman–Crippen MR) is 217 cm³/mol. The summed E-state index contributed by atoms with van der Waals surface area (Å²) < 4.78 is 0. The number of hydrogen-bond donors (Lipinski definition) is 6. The number of H-pyrrole nitrogens is 1. The fourth-order valence-corrected chi connectivity index (χ4v) is 8.29. The lowest BCUT2D eigenvalue weighted by Crippen LogP contribution is -2.57. The molecule has 12 nitrogen and oxygen atoms in total. The van der Waals surface area contributed by atoms with Gasteiger partial charge in [-0.3, -0.25) is 19.4 Å². The number of hydrogen-bond acceptors (Lipinski definition) is 9. The summed E-state index contributed by atoms with van der Waals surface area (Å²) in [5, 5.41) is 11.8. The molecule has 5 aromatic rings. The third-order valence-electron chi connectivity index (χ3n) is 10.0. The Labute approximate surface area is 330 Å². The number of rotatable bonds is 10. The largest absolute Gasteiger partial charge is 0.361 e. The van der Waals surface area contributed by atoms with E-state index in [0.29, 0.717) is 61.8 Å². The average molecular weight is 782 g/mol. The molecule has 8 N–H and O–H groups in total. The van der Waals surface area contributed by atoms with Crippen LogP contribution in [0.4, 0.5) is 0 Å². The number of amides is 3. The van der Waals surface area contributed by atoms with E-state index in [2.05, 4.69) is 25.9 Å². The number of halogens is 1. The Morgan fingerprint density at radius 1 is 0.873 bits per heavy atom. The SMILES string of the molecule is CN1C(=O)[C@H](CCCCN)NC(=O)[C@H](CCCN)NCc2cccnc2Sc2c(Cl)ccc(-c3ccncc3)c2CNC(=O)[C@@H]1Cc1c[nH]c2ccccc12. The number of carbonyl (C=O) groups is 3. The van der Waals surface area contributed by atoms with Gasteiger partial charge in [-0.25, -0.2) is 4.98 Å². The van der Waals surface area contributed by atoms with Crippen molar-refractivity contribution in [3.05, 3.63) is 107 Å². The lowest BCUT2D eigenvalue weighted by molar-refractivity contribution is -0.142. The number of pyridine rings is 2. The fraction of sp³-hybridized carbons (Fsp3) is 0.341. The van der Waals surface area contributed by atoms with Gasteiger partial charge in [0, 0.05) is 67.1 Å². The average Bonchev–Trinajstić information content (AvgIpc) is 3.62. The molecule has 0 spiro atoms. The van der Waals surface area contributed by atoms with E-state index in [1.807, 2.05) is 66.9 Å². The summed E-state index contributed by atoms with van der Waals surface area (Å²) in [7, 11) is 1.63. The molecule has 1 aliphatic heterocycles. The molecule has 0 aliphatic carbocycles. The van der Waals surface area contributed by atoms with Crippen molar-refractivity contribution in [2.24, 2.45) is 11.5 Å². The number of nitrogens with one attached hydrogen (secondary N) is 4. The smallest absolute Gasteiger partial charge is 0.245 e. The van der Waals surface area contributed by atoms with Crippen molar-refractivity contribution in [3.8, 4) is 11.1 Å². The van der Waals surface area contributed by atoms with Crippen LogP contribution in [0.1, 0.15) is 48.8 Å². The molecule has 0 unspecified atom stereocenters. The highest BCUT2D eigenvalue weighted by Crippen LogP contribution is 2.41. The first-order valence-electron chi connectivity index (χ1n) is 18.7. The topological polar surface area (TPSA) is 184 Å². The third-order valence-corrected chi connectivity index (χ3v) is 11.7. The highest BCUT2D eigenvalue weighted by Gasteiger charge is 2.34. The quantitative estimate of drug-likeness (QED) is 0.107. The number of aromatic amines is 1. The highest BCUT2D eigenvalue weighted by molar-refractivity contribution is 7.99. The number of fused-ring (bicyclic) bond motifs is 3. The van der Waals surface area contributed by atoms with Crippen molar-refractivity contribution < 1.29 is 14.4 Å². The van der Waals surface area contributed by atoms with E-state index in [1.165, 1.54) is 16.7 Å². The Morgan fingerprint density at radius 2 is 1.65 bits per heavy atom. The van der Waals surface area contributed by atoms with Crippen LogP contribution < -0.4 is 27.4 Å². The lowest BCUT2D eigenvalue weighted by Gasteiger charge is -2.32. The molecule has 3 atom stereocenters. The van der Waals surface area contributed by atoms with Crippen molar-refractivity contribution >= 4 is 52.0 Å². The van der Waals surface area contributed by atoms with Crippen molar-refractivity contribution in [2.75, 3.05) is 20.1 Å². The highest BCUT2D eigenvalue weighted by atomic mass is 35.5. The zero-order valence-electron chi connectivity index (χ0n) is 30.9. The van der Waals surface area contributed by atoms with Crippen LogP contribution in [0.25, 0.3) is 22.0 Å². The zero-order valence-corrected chi connectivity index (χ0v) is 32.5. The summed E-state index contributed by atoms with van der Waals surface area (Å²) in [5.41, 5.74) is 17.0. The van der Waals surface area contributed by atoms with Gasteiger partial charge in [-0.15, -0.1) is 0 Å². The number of benzene rings is 2. The van der Waals surface area contributed by atoms with Gasteiger partial charge in [0.25, 0.3) is 0 Å². The second-order valence-electron chi connectivity index (χ2n) is 13.7. The zero-order chi connectivity index (χ0) is 38.7. The van der Waals surface area contributed by atoms with Crippen LogP contribution in [0, 0.1) is 0 Å². The Bertz CT molecular complexity index is 2100. The first-order chi connectivity index (χ1) is 26.8. The molecule has 14 heteroatoms. The lowest BCUT2D eigenvalue weighted by atomic mass is 9.99. The second kappa shape index (κ2) is 19.2. The molecule has 6 rings (SSSR count). The predicted octanol–water partition coefficient (Wildman–Crippen LogP) is 4.94. The summed E-state index contributed by atoms with van der Waals surface area (Å²) in [4.78, 5) is 57.7. The summed E-state index contributed by atoms with van der Waals surface area (Å²) in [6, 6.07) is 16.8. The monoisotopic (exact) mass is 781 g/mol. The van der Waals surface area contributed by atoms with Gasteiger partial charge in [0.2, 0.25) is 17.7 Å². The molecule has 3 aromatic heterocycles. The summed E-state index contributed by atoms with van der Waals surface area (Å²) in [6.07, 6.45) is 9.99. The normalized spacial score (nSPS) is 18.7. The molecular weight excluding hydrogens is 734 g/mol. The van der Waals surface area contributed by atoms with E-state index < -0.39 is 18.1 Å². The van der Waals surface area contributed by atoms with Gasteiger partial charge >= 0.3 is 0 Å². The van der Waals surface area contributed by atoms with Gasteiger partial charge in [0.05, 0.1) is 11.1 Å². The maximum atomic E-state index is 14.6. The van der Waals surface area contributed by atoms with Crippen LogP contribution in [-0.2, 0) is 33.9 Å². The van der Waals surface area contributed by atoms with Crippen LogP contribution in [0.15, 0.2) is 95.4 Å². The Kier molecular flexibility index (Phi) is 13.9. The first kappa shape index (κ1) is 39.9. The van der Waals surface area contributed by atoms with Crippen molar-refractivity contribution in [1.29, 1.82) is 0 Å². The van der Waals surface area contributed by atoms with Gasteiger partial charge in [0.1, 0.15) is 17.1 Å². The number of nitrogens with two attached hydrogens (primary N) is 2. The Balaban J connectivity index is 1.46. The Hall–Kier alpha value is -4.79. The standard InChI is InChI=1S/C41H48ClN9O3S/c1-51-36(22-28-24-47-33-10-3-2-9-30(28)33)39(53)49-25-31-29(26-15-20-45-21-16-26)13-14-32(42)37(31)55-40-27(8-7-19-46-40)23-48-34(12-6-18-44)38(52)50-35(41(51)54)11-4-5-17-43/h2-3,7-10,13-16,19-21,24,34-36,47-48H,4-6,11-12,17-18,22-23,25,43-44H2,1H3,(H,49,53)(H,50,52)/t34-,35-,36-/m0/s1. The van der Waals surface area contributed by atoms with Gasteiger partial charge in [-0.2, -0.15) is 0 Å².